The molecule has 1 atom stereocenters. The van der Waals surface area contributed by atoms with Crippen molar-refractivity contribution in [1.82, 2.24) is 4.98 Å². The number of thiazole rings is 1. The summed E-state index contributed by atoms with van der Waals surface area (Å²) in [7, 11) is 0. The molecule has 0 amide bonds. The summed E-state index contributed by atoms with van der Waals surface area (Å²) in [4.78, 5) is 16.3. The van der Waals surface area contributed by atoms with Gasteiger partial charge in [-0.2, -0.15) is 0 Å². The summed E-state index contributed by atoms with van der Waals surface area (Å²) in [6.07, 6.45) is -0.463. The van der Waals surface area contributed by atoms with Gasteiger partial charge >= 0.3 is 5.97 Å². The molecule has 4 rings (SSSR count). The van der Waals surface area contributed by atoms with Crippen LogP contribution in [0.3, 0.4) is 0 Å². The first-order chi connectivity index (χ1) is 10.2. The number of cyclic esters (lactones) is 1. The Kier molecular flexibility index (Phi) is 2.68. The third kappa shape index (κ3) is 2.06. The monoisotopic (exact) mass is 296 g/mol. The number of rotatable bonds is 2. The smallest absolute Gasteiger partial charge is 0.340 e. The molecule has 5 heteroatoms. The number of hydrogen-bond acceptors (Lipinski definition) is 5. The Morgan fingerprint density at radius 1 is 1.24 bits per heavy atom. The summed E-state index contributed by atoms with van der Waals surface area (Å²) in [6, 6.07) is 13.6. The molecule has 0 bridgehead atoms. The van der Waals surface area contributed by atoms with Gasteiger partial charge in [0.15, 0.2) is 5.13 Å². The SMILES string of the molecule is Cc1ccc2nc(NC3OC(=O)c4ccccc43)sc2c1. The molecule has 0 saturated carbocycles. The van der Waals surface area contributed by atoms with Gasteiger partial charge in [0.1, 0.15) is 0 Å². The minimum Gasteiger partial charge on any atom is -0.434 e. The second kappa shape index (κ2) is 4.56. The lowest BCUT2D eigenvalue weighted by Crippen LogP contribution is -2.09. The van der Waals surface area contributed by atoms with Crippen LogP contribution in [-0.2, 0) is 4.74 Å². The van der Waals surface area contributed by atoms with E-state index in [4.69, 9.17) is 4.74 Å². The lowest BCUT2D eigenvalue weighted by molar-refractivity contribution is 0.0437. The largest absolute Gasteiger partial charge is 0.434 e. The lowest BCUT2D eigenvalue weighted by atomic mass is 10.1. The Balaban J connectivity index is 1.68. The lowest BCUT2D eigenvalue weighted by Gasteiger charge is -2.11. The van der Waals surface area contributed by atoms with Crippen molar-refractivity contribution in [1.29, 1.82) is 0 Å². The van der Waals surface area contributed by atoms with E-state index in [2.05, 4.69) is 23.3 Å². The highest BCUT2D eigenvalue weighted by Gasteiger charge is 2.30. The second-order valence-electron chi connectivity index (χ2n) is 5.01. The van der Waals surface area contributed by atoms with Gasteiger partial charge < -0.3 is 10.1 Å². The van der Waals surface area contributed by atoms with Crippen molar-refractivity contribution < 1.29 is 9.53 Å². The molecule has 1 aliphatic heterocycles. The van der Waals surface area contributed by atoms with Crippen LogP contribution < -0.4 is 5.32 Å². The summed E-state index contributed by atoms with van der Waals surface area (Å²) < 4.78 is 6.49. The van der Waals surface area contributed by atoms with Gasteiger partial charge in [0, 0.05) is 5.56 Å². The van der Waals surface area contributed by atoms with Crippen LogP contribution in [0.15, 0.2) is 42.5 Å². The minimum atomic E-state index is -0.463. The normalized spacial score (nSPS) is 16.8. The second-order valence-corrected chi connectivity index (χ2v) is 6.04. The average molecular weight is 296 g/mol. The Hall–Kier alpha value is -2.40. The van der Waals surface area contributed by atoms with Crippen molar-refractivity contribution in [2.75, 3.05) is 5.32 Å². The molecular weight excluding hydrogens is 284 g/mol. The topological polar surface area (TPSA) is 51.2 Å². The molecule has 4 nitrogen and oxygen atoms in total. The average Bonchev–Trinajstić information content (AvgIpc) is 3.01. The number of carbonyl (C=O) groups is 1. The van der Waals surface area contributed by atoms with Gasteiger partial charge in [-0.1, -0.05) is 35.6 Å². The zero-order valence-corrected chi connectivity index (χ0v) is 12.1. The highest BCUT2D eigenvalue weighted by molar-refractivity contribution is 7.22. The molecule has 1 N–H and O–H groups in total. The predicted molar refractivity (Wildman–Crippen MR) is 82.6 cm³/mol. The number of anilines is 1. The van der Waals surface area contributed by atoms with E-state index in [1.165, 1.54) is 5.56 Å². The van der Waals surface area contributed by atoms with E-state index < -0.39 is 6.23 Å². The van der Waals surface area contributed by atoms with Gasteiger partial charge in [0.25, 0.3) is 0 Å². The number of esters is 1. The number of nitrogens with zero attached hydrogens (tertiary/aromatic N) is 1. The van der Waals surface area contributed by atoms with Crippen molar-refractivity contribution in [3.05, 3.63) is 59.2 Å². The highest BCUT2D eigenvalue weighted by Crippen LogP contribution is 2.34. The molecule has 1 unspecified atom stereocenters. The van der Waals surface area contributed by atoms with Gasteiger partial charge in [0.2, 0.25) is 6.23 Å². The molecule has 0 fully saturated rings. The summed E-state index contributed by atoms with van der Waals surface area (Å²) in [5.74, 6) is -0.292. The van der Waals surface area contributed by atoms with Gasteiger partial charge in [-0.25, -0.2) is 9.78 Å². The van der Waals surface area contributed by atoms with Gasteiger partial charge in [-0.05, 0) is 30.7 Å². The van der Waals surface area contributed by atoms with E-state index in [1.54, 1.807) is 17.4 Å². The Morgan fingerprint density at radius 3 is 3.00 bits per heavy atom. The van der Waals surface area contributed by atoms with Crippen molar-refractivity contribution >= 4 is 32.7 Å². The molecule has 2 aromatic carbocycles. The molecule has 0 aliphatic carbocycles. The molecule has 1 aliphatic rings. The Morgan fingerprint density at radius 2 is 2.10 bits per heavy atom. The van der Waals surface area contributed by atoms with Crippen LogP contribution in [0.25, 0.3) is 10.2 Å². The van der Waals surface area contributed by atoms with Crippen LogP contribution in [-0.4, -0.2) is 11.0 Å². The number of carbonyl (C=O) groups excluding carboxylic acids is 1. The summed E-state index contributed by atoms with van der Waals surface area (Å²) in [6.45, 7) is 2.06. The van der Waals surface area contributed by atoms with Crippen LogP contribution in [0, 0.1) is 6.92 Å². The maximum atomic E-state index is 11.8. The summed E-state index contributed by atoms with van der Waals surface area (Å²) in [5.41, 5.74) is 3.63. The molecule has 0 radical (unpaired) electrons. The third-order valence-corrected chi connectivity index (χ3v) is 4.44. The Labute approximate surface area is 125 Å². The van der Waals surface area contributed by atoms with Crippen LogP contribution in [0.4, 0.5) is 5.13 Å². The maximum Gasteiger partial charge on any atom is 0.340 e. The predicted octanol–water partition coefficient (Wildman–Crippen LogP) is 3.89. The van der Waals surface area contributed by atoms with Gasteiger partial charge in [0.05, 0.1) is 15.8 Å². The highest BCUT2D eigenvalue weighted by atomic mass is 32.1. The van der Waals surface area contributed by atoms with Crippen molar-refractivity contribution in [3.8, 4) is 0 Å². The number of nitrogens with one attached hydrogen (secondary N) is 1. The zero-order chi connectivity index (χ0) is 14.4. The van der Waals surface area contributed by atoms with E-state index in [1.807, 2.05) is 30.3 Å². The molecular formula is C16H12N2O2S. The molecule has 104 valence electrons. The standard InChI is InChI=1S/C16H12N2O2S/c1-9-6-7-12-13(8-9)21-16(17-12)18-14-10-4-2-3-5-11(10)15(19)20-14/h2-8,14H,1H3,(H,17,18). The minimum absolute atomic E-state index is 0.292. The maximum absolute atomic E-state index is 11.8. The summed E-state index contributed by atoms with van der Waals surface area (Å²) in [5, 5.41) is 3.96. The van der Waals surface area contributed by atoms with Crippen molar-refractivity contribution in [2.24, 2.45) is 0 Å². The fraction of sp³-hybridized carbons (Fsp3) is 0.125. The Bertz CT molecular complexity index is 856. The van der Waals surface area contributed by atoms with E-state index in [-0.39, 0.29) is 5.97 Å². The first kappa shape index (κ1) is 12.3. The van der Waals surface area contributed by atoms with Crippen LogP contribution in [0.5, 0.6) is 0 Å². The first-order valence-corrected chi connectivity index (χ1v) is 7.46. The fourth-order valence-corrected chi connectivity index (χ4v) is 3.44. The van der Waals surface area contributed by atoms with E-state index >= 15 is 0 Å². The quantitative estimate of drug-likeness (QED) is 0.729. The van der Waals surface area contributed by atoms with E-state index in [9.17, 15) is 4.79 Å². The van der Waals surface area contributed by atoms with E-state index in [0.717, 1.165) is 20.9 Å². The molecule has 1 aromatic heterocycles. The molecule has 3 aromatic rings. The van der Waals surface area contributed by atoms with Gasteiger partial charge in [-0.3, -0.25) is 0 Å². The third-order valence-electron chi connectivity index (χ3n) is 3.49. The first-order valence-electron chi connectivity index (χ1n) is 6.64. The number of benzene rings is 2. The van der Waals surface area contributed by atoms with Crippen LogP contribution >= 0.6 is 11.3 Å². The summed E-state index contributed by atoms with van der Waals surface area (Å²) >= 11 is 1.56. The molecule has 0 spiro atoms. The van der Waals surface area contributed by atoms with Crippen LogP contribution in [0.2, 0.25) is 0 Å². The molecule has 2 heterocycles. The molecule has 0 saturated heterocycles. The number of fused-ring (bicyclic) bond motifs is 2. The number of hydrogen-bond donors (Lipinski definition) is 1. The number of ether oxygens (including phenoxy) is 1. The van der Waals surface area contributed by atoms with E-state index in [0.29, 0.717) is 5.56 Å². The van der Waals surface area contributed by atoms with Crippen molar-refractivity contribution in [3.63, 3.8) is 0 Å². The van der Waals surface area contributed by atoms with Crippen LogP contribution in [0.1, 0.15) is 27.7 Å². The van der Waals surface area contributed by atoms with Crippen molar-refractivity contribution in [2.45, 2.75) is 13.2 Å². The number of aryl methyl sites for hydroxylation is 1. The zero-order valence-electron chi connectivity index (χ0n) is 11.3. The van der Waals surface area contributed by atoms with Gasteiger partial charge in [-0.15, -0.1) is 0 Å². The molecule has 21 heavy (non-hydrogen) atoms. The fourth-order valence-electron chi connectivity index (χ4n) is 2.46. The number of aromatic nitrogens is 1.